The number of nitrogens with zero attached hydrogens (tertiary/aromatic N) is 3. The summed E-state index contributed by atoms with van der Waals surface area (Å²) in [4.78, 5) is 32.5. The van der Waals surface area contributed by atoms with Crippen molar-refractivity contribution in [3.63, 3.8) is 0 Å². The van der Waals surface area contributed by atoms with Crippen LogP contribution in [0, 0.1) is 5.92 Å². The second-order valence-corrected chi connectivity index (χ2v) is 8.00. The van der Waals surface area contributed by atoms with Gasteiger partial charge >= 0.3 is 0 Å². The van der Waals surface area contributed by atoms with E-state index in [0.717, 1.165) is 57.3 Å². The van der Waals surface area contributed by atoms with Crippen molar-refractivity contribution in [3.05, 3.63) is 17.2 Å². The second kappa shape index (κ2) is 8.23. The second-order valence-electron chi connectivity index (χ2n) is 8.00. The quantitative estimate of drug-likeness (QED) is 0.878. The lowest BCUT2D eigenvalue weighted by atomic mass is 9.99. The summed E-state index contributed by atoms with van der Waals surface area (Å²) in [5.74, 6) is 0.653. The first-order valence-electron chi connectivity index (χ1n) is 10.2. The summed E-state index contributed by atoms with van der Waals surface area (Å²) in [7, 11) is 0. The first-order chi connectivity index (χ1) is 12.5. The minimum atomic E-state index is -0.161. The summed E-state index contributed by atoms with van der Waals surface area (Å²) in [5.41, 5.74) is 1.47. The number of imidazole rings is 1. The molecule has 2 aliphatic heterocycles. The Kier molecular flexibility index (Phi) is 5.99. The third kappa shape index (κ3) is 3.79. The number of aromatic nitrogens is 2. The number of piperidine rings is 1. The minimum Gasteiger partial charge on any atom is -0.349 e. The minimum absolute atomic E-state index is 0.0186. The Hall–Kier alpha value is -1.85. The molecule has 1 aromatic rings. The largest absolute Gasteiger partial charge is 0.349 e. The van der Waals surface area contributed by atoms with Crippen LogP contribution in [0.1, 0.15) is 86.1 Å². The van der Waals surface area contributed by atoms with Gasteiger partial charge in [0.25, 0.3) is 11.8 Å². The fourth-order valence-electron chi connectivity index (χ4n) is 4.09. The Morgan fingerprint density at radius 1 is 1.19 bits per heavy atom. The van der Waals surface area contributed by atoms with E-state index in [2.05, 4.69) is 31.1 Å². The van der Waals surface area contributed by atoms with Crippen LogP contribution in [-0.4, -0.2) is 45.4 Å². The number of carbonyl (C=O) groups is 2. The molecule has 3 heterocycles. The van der Waals surface area contributed by atoms with Gasteiger partial charge in [-0.1, -0.05) is 20.8 Å². The topological polar surface area (TPSA) is 67.2 Å². The van der Waals surface area contributed by atoms with E-state index >= 15 is 0 Å². The molecule has 3 rings (SSSR count). The van der Waals surface area contributed by atoms with E-state index in [1.807, 2.05) is 9.47 Å². The maximum absolute atomic E-state index is 13.3. The molecular formula is C20H32N4O2. The van der Waals surface area contributed by atoms with Crippen LogP contribution < -0.4 is 5.32 Å². The summed E-state index contributed by atoms with van der Waals surface area (Å²) in [6.07, 6.45) is 7.20. The molecule has 2 aliphatic rings. The van der Waals surface area contributed by atoms with Gasteiger partial charge in [-0.3, -0.25) is 9.59 Å². The van der Waals surface area contributed by atoms with Crippen molar-refractivity contribution in [1.82, 2.24) is 19.8 Å². The number of rotatable bonds is 5. The van der Waals surface area contributed by atoms with Crippen LogP contribution in [0.15, 0.2) is 0 Å². The van der Waals surface area contributed by atoms with Gasteiger partial charge in [-0.2, -0.15) is 0 Å². The van der Waals surface area contributed by atoms with Gasteiger partial charge in [-0.15, -0.1) is 0 Å². The van der Waals surface area contributed by atoms with E-state index in [-0.39, 0.29) is 11.8 Å². The summed E-state index contributed by atoms with van der Waals surface area (Å²) >= 11 is 0. The summed E-state index contributed by atoms with van der Waals surface area (Å²) in [6, 6.07) is 0.301. The average Bonchev–Trinajstić information content (AvgIpc) is 3.05. The molecule has 1 unspecified atom stereocenters. The van der Waals surface area contributed by atoms with Crippen molar-refractivity contribution in [2.24, 2.45) is 5.92 Å². The fourth-order valence-corrected chi connectivity index (χ4v) is 4.09. The van der Waals surface area contributed by atoms with E-state index in [0.29, 0.717) is 30.0 Å². The maximum atomic E-state index is 13.3. The van der Waals surface area contributed by atoms with Crippen LogP contribution in [-0.2, 0) is 13.0 Å². The molecule has 1 fully saturated rings. The lowest BCUT2D eigenvalue weighted by Gasteiger charge is -2.35. The van der Waals surface area contributed by atoms with Crippen LogP contribution in [0.4, 0.5) is 0 Å². The Labute approximate surface area is 156 Å². The van der Waals surface area contributed by atoms with Gasteiger partial charge in [0.1, 0.15) is 5.69 Å². The van der Waals surface area contributed by atoms with Crippen LogP contribution in [0.2, 0.25) is 0 Å². The highest BCUT2D eigenvalue weighted by atomic mass is 16.2. The predicted octanol–water partition coefficient (Wildman–Crippen LogP) is 3.01. The molecule has 26 heavy (non-hydrogen) atoms. The number of hydrogen-bond acceptors (Lipinski definition) is 3. The van der Waals surface area contributed by atoms with Crippen LogP contribution >= 0.6 is 0 Å². The number of hydrogen-bond donors (Lipinski definition) is 1. The normalized spacial score (nSPS) is 20.2. The molecule has 6 heteroatoms. The highest BCUT2D eigenvalue weighted by Crippen LogP contribution is 2.26. The van der Waals surface area contributed by atoms with Gasteiger partial charge in [0.2, 0.25) is 0 Å². The molecule has 0 radical (unpaired) electrons. The molecule has 0 bridgehead atoms. The van der Waals surface area contributed by atoms with Crippen molar-refractivity contribution in [2.45, 2.75) is 78.3 Å². The molecule has 0 saturated carbocycles. The van der Waals surface area contributed by atoms with E-state index in [9.17, 15) is 9.59 Å². The monoisotopic (exact) mass is 360 g/mol. The van der Waals surface area contributed by atoms with Crippen molar-refractivity contribution in [1.29, 1.82) is 0 Å². The third-order valence-electron chi connectivity index (χ3n) is 5.55. The zero-order valence-electron chi connectivity index (χ0n) is 16.4. The van der Waals surface area contributed by atoms with Gasteiger partial charge < -0.3 is 14.8 Å². The standard InChI is InChI=1S/C20H32N4O2/c1-4-15-9-5-7-11-23(15)20(26)17-16-10-6-8-12-24(16)18(22-17)19(25)21-13-14(2)3/h14-15H,4-13H2,1-3H3,(H,21,25). The summed E-state index contributed by atoms with van der Waals surface area (Å²) < 4.78 is 1.98. The van der Waals surface area contributed by atoms with Crippen molar-refractivity contribution in [3.8, 4) is 0 Å². The Morgan fingerprint density at radius 3 is 2.69 bits per heavy atom. The molecule has 0 spiro atoms. The Balaban J connectivity index is 1.89. The van der Waals surface area contributed by atoms with Crippen molar-refractivity contribution in [2.75, 3.05) is 13.1 Å². The highest BCUT2D eigenvalue weighted by Gasteiger charge is 2.33. The van der Waals surface area contributed by atoms with Crippen molar-refractivity contribution < 1.29 is 9.59 Å². The predicted molar refractivity (Wildman–Crippen MR) is 101 cm³/mol. The number of fused-ring (bicyclic) bond motifs is 1. The first kappa shape index (κ1) is 18.9. The van der Waals surface area contributed by atoms with E-state index in [1.165, 1.54) is 6.42 Å². The van der Waals surface area contributed by atoms with E-state index < -0.39 is 0 Å². The van der Waals surface area contributed by atoms with Gasteiger partial charge in [0, 0.05) is 25.7 Å². The molecule has 1 aromatic heterocycles. The van der Waals surface area contributed by atoms with Gasteiger partial charge in [0.05, 0.1) is 5.69 Å². The van der Waals surface area contributed by atoms with Gasteiger partial charge in [-0.25, -0.2) is 4.98 Å². The molecule has 1 atom stereocenters. The Morgan fingerprint density at radius 2 is 1.96 bits per heavy atom. The zero-order chi connectivity index (χ0) is 18.7. The van der Waals surface area contributed by atoms with Gasteiger partial charge in [-0.05, 0) is 50.9 Å². The maximum Gasteiger partial charge on any atom is 0.287 e. The van der Waals surface area contributed by atoms with Crippen LogP contribution in [0.5, 0.6) is 0 Å². The molecule has 0 aliphatic carbocycles. The van der Waals surface area contributed by atoms with E-state index in [4.69, 9.17) is 0 Å². The number of likely N-dealkylation sites (tertiary alicyclic amines) is 1. The molecule has 0 aromatic carbocycles. The molecule has 2 amide bonds. The zero-order valence-corrected chi connectivity index (χ0v) is 16.4. The SMILES string of the molecule is CCC1CCCCN1C(=O)c1nc(C(=O)NCC(C)C)n2c1CCCC2. The Bertz CT molecular complexity index is 665. The molecular weight excluding hydrogens is 328 g/mol. The summed E-state index contributed by atoms with van der Waals surface area (Å²) in [5, 5.41) is 2.95. The molecule has 6 nitrogen and oxygen atoms in total. The fraction of sp³-hybridized carbons (Fsp3) is 0.750. The first-order valence-corrected chi connectivity index (χ1v) is 10.2. The smallest absolute Gasteiger partial charge is 0.287 e. The van der Waals surface area contributed by atoms with Crippen LogP contribution in [0.3, 0.4) is 0 Å². The molecule has 1 saturated heterocycles. The highest BCUT2D eigenvalue weighted by molar-refractivity contribution is 5.97. The third-order valence-corrected chi connectivity index (χ3v) is 5.55. The number of nitrogens with one attached hydrogen (secondary N) is 1. The lowest BCUT2D eigenvalue weighted by molar-refractivity contribution is 0.0600. The molecule has 1 N–H and O–H groups in total. The van der Waals surface area contributed by atoms with E-state index in [1.54, 1.807) is 0 Å². The summed E-state index contributed by atoms with van der Waals surface area (Å²) in [6.45, 7) is 8.48. The number of carbonyl (C=O) groups excluding carboxylic acids is 2. The number of amides is 2. The van der Waals surface area contributed by atoms with Gasteiger partial charge in [0.15, 0.2) is 5.82 Å². The van der Waals surface area contributed by atoms with Crippen molar-refractivity contribution >= 4 is 11.8 Å². The average molecular weight is 361 g/mol. The molecule has 144 valence electrons. The van der Waals surface area contributed by atoms with Crippen LogP contribution in [0.25, 0.3) is 0 Å². The lowest BCUT2D eigenvalue weighted by Crippen LogP contribution is -2.44.